The summed E-state index contributed by atoms with van der Waals surface area (Å²) in [5, 5.41) is 2.07. The van der Waals surface area contributed by atoms with Crippen LogP contribution in [0.2, 0.25) is 0 Å². The van der Waals surface area contributed by atoms with Crippen LogP contribution in [0.5, 0.6) is 0 Å². The van der Waals surface area contributed by atoms with Crippen molar-refractivity contribution in [3.05, 3.63) is 41.6 Å². The highest BCUT2D eigenvalue weighted by Gasteiger charge is 1.84. The van der Waals surface area contributed by atoms with E-state index in [4.69, 9.17) is 0 Å². The van der Waals surface area contributed by atoms with E-state index in [0.717, 1.165) is 16.0 Å². The molecule has 0 saturated carbocycles. The summed E-state index contributed by atoms with van der Waals surface area (Å²) in [6.45, 7) is 13.6. The highest BCUT2D eigenvalue weighted by molar-refractivity contribution is 5.52. The smallest absolute Gasteiger partial charge is 0.0348 e. The summed E-state index contributed by atoms with van der Waals surface area (Å²) in [4.78, 5) is 4.01. The number of hydrogen-bond donors (Lipinski definition) is 0. The van der Waals surface area contributed by atoms with Crippen LogP contribution in [0, 0.1) is 0 Å². The van der Waals surface area contributed by atoms with Crippen molar-refractivity contribution < 1.29 is 0 Å². The van der Waals surface area contributed by atoms with Gasteiger partial charge in [-0.15, -0.1) is 0 Å². The molecule has 1 aromatic heterocycles. The lowest BCUT2D eigenvalue weighted by Crippen LogP contribution is -2.24. The van der Waals surface area contributed by atoms with Crippen molar-refractivity contribution in [2.75, 3.05) is 0 Å². The third-order valence-corrected chi connectivity index (χ3v) is 1.64. The molecule has 0 unspecified atom stereocenters. The number of nitrogens with zero attached hydrogens (tertiary/aromatic N) is 1. The maximum Gasteiger partial charge on any atom is 0.0348 e. The molecule has 0 aliphatic heterocycles. The SMILES string of the molecule is C=C/C(C)=c1/cnccc1=C.CC. The van der Waals surface area contributed by atoms with Gasteiger partial charge >= 0.3 is 0 Å². The van der Waals surface area contributed by atoms with Gasteiger partial charge in [-0.05, 0) is 23.8 Å². The van der Waals surface area contributed by atoms with Crippen LogP contribution in [-0.4, -0.2) is 4.98 Å². The molecular weight excluding hydrogens is 158 g/mol. The molecule has 0 radical (unpaired) electrons. The van der Waals surface area contributed by atoms with Gasteiger partial charge in [0.05, 0.1) is 0 Å². The summed E-state index contributed by atoms with van der Waals surface area (Å²) < 4.78 is 0. The Hall–Kier alpha value is -1.37. The molecule has 0 aliphatic carbocycles. The van der Waals surface area contributed by atoms with Crippen LogP contribution in [0.3, 0.4) is 0 Å². The Morgan fingerprint density at radius 3 is 2.54 bits per heavy atom. The molecule has 0 bridgehead atoms. The van der Waals surface area contributed by atoms with E-state index in [9.17, 15) is 0 Å². The summed E-state index contributed by atoms with van der Waals surface area (Å²) in [6.07, 6.45) is 5.35. The lowest BCUT2D eigenvalue weighted by atomic mass is 10.2. The second kappa shape index (κ2) is 6.18. The van der Waals surface area contributed by atoms with Gasteiger partial charge in [-0.2, -0.15) is 0 Å². The molecule has 1 aromatic rings. The zero-order valence-electron chi connectivity index (χ0n) is 8.67. The molecule has 0 N–H and O–H groups in total. The first kappa shape index (κ1) is 11.6. The van der Waals surface area contributed by atoms with Gasteiger partial charge < -0.3 is 0 Å². The molecule has 0 aliphatic rings. The zero-order chi connectivity index (χ0) is 10.3. The minimum atomic E-state index is 0.998. The first-order valence-corrected chi connectivity index (χ1v) is 4.48. The minimum absolute atomic E-state index is 0.998. The maximum absolute atomic E-state index is 4.01. The number of hydrogen-bond acceptors (Lipinski definition) is 1. The molecule has 1 heteroatoms. The predicted molar refractivity (Wildman–Crippen MR) is 59.6 cm³/mol. The van der Waals surface area contributed by atoms with E-state index in [2.05, 4.69) is 18.1 Å². The minimum Gasteiger partial charge on any atom is -0.264 e. The van der Waals surface area contributed by atoms with Gasteiger partial charge in [-0.25, -0.2) is 0 Å². The van der Waals surface area contributed by atoms with Gasteiger partial charge in [0, 0.05) is 17.6 Å². The van der Waals surface area contributed by atoms with Crippen molar-refractivity contribution in [3.63, 3.8) is 0 Å². The van der Waals surface area contributed by atoms with Crippen LogP contribution in [0.1, 0.15) is 20.8 Å². The lowest BCUT2D eigenvalue weighted by molar-refractivity contribution is 1.27. The lowest BCUT2D eigenvalue weighted by Gasteiger charge is -1.90. The van der Waals surface area contributed by atoms with Crippen LogP contribution in [0.25, 0.3) is 12.2 Å². The average Bonchev–Trinajstić information content (AvgIpc) is 2.20. The van der Waals surface area contributed by atoms with Crippen LogP contribution in [0.4, 0.5) is 0 Å². The van der Waals surface area contributed by atoms with Crippen molar-refractivity contribution in [1.82, 2.24) is 4.98 Å². The molecule has 13 heavy (non-hydrogen) atoms. The van der Waals surface area contributed by atoms with Gasteiger partial charge in [0.25, 0.3) is 0 Å². The highest BCUT2D eigenvalue weighted by atomic mass is 14.6. The van der Waals surface area contributed by atoms with Gasteiger partial charge in [0.2, 0.25) is 0 Å². The van der Waals surface area contributed by atoms with Crippen molar-refractivity contribution >= 4 is 12.2 Å². The van der Waals surface area contributed by atoms with Crippen LogP contribution >= 0.6 is 0 Å². The molecule has 0 fully saturated rings. The molecule has 0 atom stereocenters. The van der Waals surface area contributed by atoms with E-state index in [-0.39, 0.29) is 0 Å². The Labute approximate surface area is 80.1 Å². The number of allylic oxidation sites excluding steroid dienone is 1. The van der Waals surface area contributed by atoms with Crippen molar-refractivity contribution in [3.8, 4) is 0 Å². The van der Waals surface area contributed by atoms with Gasteiger partial charge in [-0.1, -0.05) is 33.1 Å². The van der Waals surface area contributed by atoms with Crippen LogP contribution < -0.4 is 10.4 Å². The topological polar surface area (TPSA) is 12.9 Å². The summed E-state index contributed by atoms with van der Waals surface area (Å²) >= 11 is 0. The van der Waals surface area contributed by atoms with E-state index < -0.39 is 0 Å². The monoisotopic (exact) mass is 175 g/mol. The molecule has 0 saturated heterocycles. The van der Waals surface area contributed by atoms with Crippen LogP contribution in [0.15, 0.2) is 31.1 Å². The van der Waals surface area contributed by atoms with Crippen molar-refractivity contribution in [2.24, 2.45) is 0 Å². The first-order chi connectivity index (χ1) is 6.25. The number of aromatic nitrogens is 1. The van der Waals surface area contributed by atoms with E-state index >= 15 is 0 Å². The Bertz CT molecular complexity index is 363. The molecule has 1 rings (SSSR count). The fraction of sp³-hybridized carbons (Fsp3) is 0.250. The maximum atomic E-state index is 4.01. The number of pyridine rings is 1. The van der Waals surface area contributed by atoms with Crippen molar-refractivity contribution in [2.45, 2.75) is 20.8 Å². The fourth-order valence-corrected chi connectivity index (χ4v) is 0.888. The molecule has 0 amide bonds. The van der Waals surface area contributed by atoms with Crippen LogP contribution in [-0.2, 0) is 0 Å². The number of rotatable bonds is 1. The van der Waals surface area contributed by atoms with E-state index in [1.165, 1.54) is 0 Å². The third kappa shape index (κ3) is 3.24. The third-order valence-electron chi connectivity index (χ3n) is 1.64. The van der Waals surface area contributed by atoms with E-state index in [0.29, 0.717) is 0 Å². The Balaban J connectivity index is 0.000000671. The van der Waals surface area contributed by atoms with E-state index in [1.54, 1.807) is 12.4 Å². The van der Waals surface area contributed by atoms with E-state index in [1.807, 2.05) is 32.9 Å². The first-order valence-electron chi connectivity index (χ1n) is 4.48. The molecular formula is C12H17N. The summed E-state index contributed by atoms with van der Waals surface area (Å²) in [7, 11) is 0. The average molecular weight is 175 g/mol. The molecule has 70 valence electrons. The van der Waals surface area contributed by atoms with Gasteiger partial charge in [0.1, 0.15) is 0 Å². The second-order valence-electron chi connectivity index (χ2n) is 2.42. The normalized spacial score (nSPS) is 11.0. The highest BCUT2D eigenvalue weighted by Crippen LogP contribution is 1.86. The van der Waals surface area contributed by atoms with Crippen molar-refractivity contribution in [1.29, 1.82) is 0 Å². The second-order valence-corrected chi connectivity index (χ2v) is 2.42. The standard InChI is InChI=1S/C10H11N.C2H6/c1-4-8(2)10-7-11-6-5-9(10)3;1-2/h4-7H,1,3H2,2H3;1-2H3/b10-8-;. The van der Waals surface area contributed by atoms with Gasteiger partial charge in [0.15, 0.2) is 0 Å². The molecule has 0 aromatic carbocycles. The molecule has 0 spiro atoms. The quantitative estimate of drug-likeness (QED) is 0.635. The largest absolute Gasteiger partial charge is 0.264 e. The zero-order valence-corrected chi connectivity index (χ0v) is 8.67. The molecule has 1 heterocycles. The predicted octanol–water partition coefficient (Wildman–Crippen LogP) is 1.87. The Morgan fingerprint density at radius 1 is 1.46 bits per heavy atom. The Morgan fingerprint density at radius 2 is 2.08 bits per heavy atom. The molecule has 1 nitrogen and oxygen atoms in total. The Kier molecular flexibility index (Phi) is 5.53. The van der Waals surface area contributed by atoms with Gasteiger partial charge in [-0.3, -0.25) is 4.98 Å². The fourth-order valence-electron chi connectivity index (χ4n) is 0.888. The summed E-state index contributed by atoms with van der Waals surface area (Å²) in [6, 6.07) is 1.89. The summed E-state index contributed by atoms with van der Waals surface area (Å²) in [5.74, 6) is 0. The summed E-state index contributed by atoms with van der Waals surface area (Å²) in [5.41, 5.74) is 1.11.